The fourth-order valence-corrected chi connectivity index (χ4v) is 2.37. The van der Waals surface area contributed by atoms with Crippen LogP contribution >= 0.6 is 0 Å². The summed E-state index contributed by atoms with van der Waals surface area (Å²) < 4.78 is 0. The van der Waals surface area contributed by atoms with Crippen LogP contribution in [0.1, 0.15) is 24.8 Å². The van der Waals surface area contributed by atoms with Crippen LogP contribution in [0.3, 0.4) is 0 Å². The molecule has 1 fully saturated rings. The van der Waals surface area contributed by atoms with Crippen molar-refractivity contribution in [3.8, 4) is 0 Å². The van der Waals surface area contributed by atoms with Gasteiger partial charge in [0.15, 0.2) is 0 Å². The van der Waals surface area contributed by atoms with Crippen LogP contribution in [0.15, 0.2) is 30.3 Å². The third-order valence-corrected chi connectivity index (χ3v) is 3.36. The molecule has 0 bridgehead atoms. The summed E-state index contributed by atoms with van der Waals surface area (Å²) in [4.78, 5) is 2.53. The van der Waals surface area contributed by atoms with Crippen molar-refractivity contribution in [2.45, 2.75) is 31.7 Å². The molecule has 0 spiro atoms. The topological polar surface area (TPSA) is 29.3 Å². The van der Waals surface area contributed by atoms with E-state index in [2.05, 4.69) is 35.2 Å². The number of likely N-dealkylation sites (tertiary alicyclic amines) is 1. The molecule has 2 rings (SSSR count). The Morgan fingerprint density at radius 2 is 1.81 bits per heavy atom. The molecular weight excluding hydrogens is 196 g/mol. The predicted molar refractivity (Wildman–Crippen MR) is 68.4 cm³/mol. The van der Waals surface area contributed by atoms with E-state index in [0.717, 1.165) is 12.8 Å². The lowest BCUT2D eigenvalue weighted by atomic mass is 10.0. The minimum absolute atomic E-state index is 0.308. The second-order valence-corrected chi connectivity index (χ2v) is 4.79. The largest absolute Gasteiger partial charge is 0.327 e. The van der Waals surface area contributed by atoms with Crippen molar-refractivity contribution in [2.75, 3.05) is 19.6 Å². The summed E-state index contributed by atoms with van der Waals surface area (Å²) >= 11 is 0. The van der Waals surface area contributed by atoms with E-state index >= 15 is 0 Å². The summed E-state index contributed by atoms with van der Waals surface area (Å²) in [5.41, 5.74) is 7.51. The Morgan fingerprint density at radius 1 is 1.12 bits per heavy atom. The molecular formula is C14H22N2. The number of benzene rings is 1. The van der Waals surface area contributed by atoms with Crippen molar-refractivity contribution in [3.05, 3.63) is 35.9 Å². The molecule has 1 unspecified atom stereocenters. The monoisotopic (exact) mass is 218 g/mol. The molecule has 1 aromatic rings. The first-order valence-corrected chi connectivity index (χ1v) is 6.36. The molecule has 1 heterocycles. The summed E-state index contributed by atoms with van der Waals surface area (Å²) in [5, 5.41) is 0. The van der Waals surface area contributed by atoms with Crippen LogP contribution in [0.5, 0.6) is 0 Å². The van der Waals surface area contributed by atoms with Crippen molar-refractivity contribution in [1.29, 1.82) is 0 Å². The standard InChI is InChI=1S/C14H22N2/c15-14(8-11-16-9-4-5-10-16)12-13-6-2-1-3-7-13/h1-3,6-7,14H,4-5,8-12,15H2. The maximum Gasteiger partial charge on any atom is 0.00914 e. The molecule has 1 aliphatic rings. The van der Waals surface area contributed by atoms with Gasteiger partial charge >= 0.3 is 0 Å². The van der Waals surface area contributed by atoms with Gasteiger partial charge in [-0.2, -0.15) is 0 Å². The summed E-state index contributed by atoms with van der Waals surface area (Å²) in [5.74, 6) is 0. The van der Waals surface area contributed by atoms with Gasteiger partial charge in [-0.1, -0.05) is 30.3 Å². The van der Waals surface area contributed by atoms with Crippen LogP contribution in [0.25, 0.3) is 0 Å². The van der Waals surface area contributed by atoms with E-state index in [9.17, 15) is 0 Å². The van der Waals surface area contributed by atoms with Crippen molar-refractivity contribution < 1.29 is 0 Å². The average Bonchev–Trinajstić information content (AvgIpc) is 2.81. The lowest BCUT2D eigenvalue weighted by Crippen LogP contribution is -2.30. The van der Waals surface area contributed by atoms with E-state index in [1.165, 1.54) is 38.0 Å². The molecule has 16 heavy (non-hydrogen) atoms. The highest BCUT2D eigenvalue weighted by Gasteiger charge is 2.12. The molecule has 1 aromatic carbocycles. The zero-order valence-corrected chi connectivity index (χ0v) is 9.94. The molecule has 1 atom stereocenters. The van der Waals surface area contributed by atoms with E-state index < -0.39 is 0 Å². The van der Waals surface area contributed by atoms with Crippen LogP contribution in [-0.4, -0.2) is 30.6 Å². The fraction of sp³-hybridized carbons (Fsp3) is 0.571. The summed E-state index contributed by atoms with van der Waals surface area (Å²) in [7, 11) is 0. The van der Waals surface area contributed by atoms with E-state index in [-0.39, 0.29) is 0 Å². The molecule has 0 aliphatic carbocycles. The van der Waals surface area contributed by atoms with Gasteiger partial charge in [0.1, 0.15) is 0 Å². The van der Waals surface area contributed by atoms with Gasteiger partial charge in [-0.05, 0) is 50.9 Å². The minimum atomic E-state index is 0.308. The molecule has 2 heteroatoms. The normalized spacial score (nSPS) is 18.8. The van der Waals surface area contributed by atoms with Crippen molar-refractivity contribution in [2.24, 2.45) is 5.73 Å². The van der Waals surface area contributed by atoms with E-state index in [4.69, 9.17) is 5.73 Å². The maximum absolute atomic E-state index is 6.16. The highest BCUT2D eigenvalue weighted by molar-refractivity contribution is 5.15. The third kappa shape index (κ3) is 3.62. The van der Waals surface area contributed by atoms with Crippen LogP contribution < -0.4 is 5.73 Å². The van der Waals surface area contributed by atoms with Gasteiger partial charge in [-0.25, -0.2) is 0 Å². The average molecular weight is 218 g/mol. The van der Waals surface area contributed by atoms with Gasteiger partial charge in [-0.15, -0.1) is 0 Å². The smallest absolute Gasteiger partial charge is 0.00914 e. The Labute approximate surface area is 98.4 Å². The van der Waals surface area contributed by atoms with Crippen LogP contribution in [-0.2, 0) is 6.42 Å². The summed E-state index contributed by atoms with van der Waals surface area (Å²) in [6, 6.07) is 10.9. The third-order valence-electron chi connectivity index (χ3n) is 3.36. The van der Waals surface area contributed by atoms with E-state index in [1.807, 2.05) is 0 Å². The highest BCUT2D eigenvalue weighted by Crippen LogP contribution is 2.09. The Hall–Kier alpha value is -0.860. The quantitative estimate of drug-likeness (QED) is 0.819. The van der Waals surface area contributed by atoms with Crippen LogP contribution in [0.2, 0.25) is 0 Å². The van der Waals surface area contributed by atoms with Gasteiger partial charge in [-0.3, -0.25) is 0 Å². The fourth-order valence-electron chi connectivity index (χ4n) is 2.37. The van der Waals surface area contributed by atoms with Gasteiger partial charge in [0, 0.05) is 6.04 Å². The zero-order chi connectivity index (χ0) is 11.2. The molecule has 0 saturated carbocycles. The van der Waals surface area contributed by atoms with Crippen molar-refractivity contribution in [3.63, 3.8) is 0 Å². The molecule has 0 amide bonds. The Bertz CT molecular complexity index is 291. The number of nitrogens with two attached hydrogens (primary N) is 1. The zero-order valence-electron chi connectivity index (χ0n) is 9.94. The number of nitrogens with zero attached hydrogens (tertiary/aromatic N) is 1. The van der Waals surface area contributed by atoms with Gasteiger partial charge in [0.05, 0.1) is 0 Å². The van der Waals surface area contributed by atoms with Gasteiger partial charge in [0.2, 0.25) is 0 Å². The van der Waals surface area contributed by atoms with Crippen molar-refractivity contribution >= 4 is 0 Å². The van der Waals surface area contributed by atoms with Crippen LogP contribution in [0.4, 0.5) is 0 Å². The lowest BCUT2D eigenvalue weighted by Gasteiger charge is -2.18. The number of rotatable bonds is 5. The molecule has 2 nitrogen and oxygen atoms in total. The SMILES string of the molecule is NC(CCN1CCCC1)Cc1ccccc1. The summed E-state index contributed by atoms with van der Waals surface area (Å²) in [6.07, 6.45) is 4.87. The molecule has 88 valence electrons. The maximum atomic E-state index is 6.16. The minimum Gasteiger partial charge on any atom is -0.327 e. The molecule has 2 N–H and O–H groups in total. The van der Waals surface area contributed by atoms with Gasteiger partial charge in [0.25, 0.3) is 0 Å². The van der Waals surface area contributed by atoms with Crippen LogP contribution in [0, 0.1) is 0 Å². The summed E-state index contributed by atoms with van der Waals surface area (Å²) in [6.45, 7) is 3.73. The first-order chi connectivity index (χ1) is 7.84. The lowest BCUT2D eigenvalue weighted by molar-refractivity contribution is 0.321. The Balaban J connectivity index is 1.69. The van der Waals surface area contributed by atoms with Gasteiger partial charge < -0.3 is 10.6 Å². The number of hydrogen-bond donors (Lipinski definition) is 1. The Morgan fingerprint density at radius 3 is 2.50 bits per heavy atom. The second-order valence-electron chi connectivity index (χ2n) is 4.79. The predicted octanol–water partition coefficient (Wildman–Crippen LogP) is 2.04. The first kappa shape index (κ1) is 11.6. The van der Waals surface area contributed by atoms with Crippen molar-refractivity contribution in [1.82, 2.24) is 4.90 Å². The van der Waals surface area contributed by atoms with E-state index in [1.54, 1.807) is 0 Å². The highest BCUT2D eigenvalue weighted by atomic mass is 15.1. The second kappa shape index (κ2) is 6.02. The molecule has 1 aliphatic heterocycles. The molecule has 1 saturated heterocycles. The van der Waals surface area contributed by atoms with E-state index in [0.29, 0.717) is 6.04 Å². The molecule has 0 radical (unpaired) electrons. The first-order valence-electron chi connectivity index (χ1n) is 6.36. The molecule has 0 aromatic heterocycles. The Kier molecular flexibility index (Phi) is 4.37. The number of hydrogen-bond acceptors (Lipinski definition) is 2.